The summed E-state index contributed by atoms with van der Waals surface area (Å²) in [6.45, 7) is 2.73. The van der Waals surface area contributed by atoms with Gasteiger partial charge in [-0.1, -0.05) is 48.2 Å². The topological polar surface area (TPSA) is 50.4 Å². The minimum Gasteiger partial charge on any atom is -0.445 e. The average molecular weight is 334 g/mol. The molecule has 3 rings (SSSR count). The molecule has 1 aliphatic heterocycles. The molecule has 0 radical (unpaired) electrons. The summed E-state index contributed by atoms with van der Waals surface area (Å²) in [6, 6.07) is 16.0. The van der Waals surface area contributed by atoms with Crippen LogP contribution in [0, 0.1) is 11.8 Å². The Morgan fingerprint density at radius 3 is 2.92 bits per heavy atom. The summed E-state index contributed by atoms with van der Waals surface area (Å²) in [4.78, 5) is 11.6. The molecule has 0 atom stereocenters. The highest BCUT2D eigenvalue weighted by atomic mass is 16.5. The molecule has 4 nitrogen and oxygen atoms in total. The van der Waals surface area contributed by atoms with Gasteiger partial charge in [0, 0.05) is 25.1 Å². The summed E-state index contributed by atoms with van der Waals surface area (Å²) >= 11 is 0. The third kappa shape index (κ3) is 5.37. The van der Waals surface area contributed by atoms with Crippen LogP contribution in [0.5, 0.6) is 0 Å². The first-order valence-electron chi connectivity index (χ1n) is 8.57. The van der Waals surface area contributed by atoms with Gasteiger partial charge in [0.2, 0.25) is 0 Å². The Kier molecular flexibility index (Phi) is 6.08. The van der Waals surface area contributed by atoms with E-state index in [4.69, 9.17) is 4.74 Å². The molecule has 0 saturated carbocycles. The Morgan fingerprint density at radius 2 is 2.04 bits per heavy atom. The number of alkyl carbamates (subject to hydrolysis) is 1. The zero-order valence-electron chi connectivity index (χ0n) is 14.2. The Hall–Kier alpha value is -2.77. The van der Waals surface area contributed by atoms with E-state index in [9.17, 15) is 4.79 Å². The van der Waals surface area contributed by atoms with Gasteiger partial charge in [0.15, 0.2) is 0 Å². The monoisotopic (exact) mass is 334 g/mol. The Morgan fingerprint density at radius 1 is 1.16 bits per heavy atom. The second-order valence-corrected chi connectivity index (χ2v) is 5.95. The van der Waals surface area contributed by atoms with Crippen LogP contribution in [0.2, 0.25) is 0 Å². The van der Waals surface area contributed by atoms with Crippen LogP contribution in [0.4, 0.5) is 4.79 Å². The van der Waals surface area contributed by atoms with Gasteiger partial charge >= 0.3 is 6.09 Å². The fourth-order valence-corrected chi connectivity index (χ4v) is 2.72. The lowest BCUT2D eigenvalue weighted by molar-refractivity contribution is 0.140. The number of nitrogens with one attached hydrogen (secondary N) is 2. The summed E-state index contributed by atoms with van der Waals surface area (Å²) in [5.74, 6) is 6.27. The van der Waals surface area contributed by atoms with Gasteiger partial charge in [0.05, 0.1) is 0 Å². The van der Waals surface area contributed by atoms with E-state index in [1.165, 1.54) is 11.1 Å². The molecule has 4 heteroatoms. The normalized spacial score (nSPS) is 12.5. The van der Waals surface area contributed by atoms with Crippen molar-refractivity contribution < 1.29 is 9.53 Å². The molecule has 2 aromatic carbocycles. The van der Waals surface area contributed by atoms with Crippen molar-refractivity contribution in [3.63, 3.8) is 0 Å². The van der Waals surface area contributed by atoms with Crippen molar-refractivity contribution in [3.05, 3.63) is 70.8 Å². The first kappa shape index (κ1) is 17.1. The van der Waals surface area contributed by atoms with E-state index in [0.29, 0.717) is 13.0 Å². The SMILES string of the molecule is O=C(NCCC#Cc1ccc2c(c1)CCNC2)OCc1ccccc1. The zero-order chi connectivity index (χ0) is 17.3. The van der Waals surface area contributed by atoms with Crippen molar-refractivity contribution in [3.8, 4) is 11.8 Å². The largest absolute Gasteiger partial charge is 0.445 e. The first-order chi connectivity index (χ1) is 12.3. The average Bonchev–Trinajstić information content (AvgIpc) is 2.67. The van der Waals surface area contributed by atoms with Crippen molar-refractivity contribution in [1.82, 2.24) is 10.6 Å². The van der Waals surface area contributed by atoms with Crippen molar-refractivity contribution in [1.29, 1.82) is 0 Å². The highest BCUT2D eigenvalue weighted by molar-refractivity contribution is 5.67. The van der Waals surface area contributed by atoms with Crippen LogP contribution in [0.3, 0.4) is 0 Å². The standard InChI is InChI=1S/C21H22N2O2/c24-21(25-16-18-7-2-1-3-8-18)23-12-5-4-6-17-9-10-20-15-22-13-11-19(20)14-17/h1-3,7-10,14,22H,5,11-13,15-16H2,(H,23,24). The summed E-state index contributed by atoms with van der Waals surface area (Å²) in [7, 11) is 0. The van der Waals surface area contributed by atoms with E-state index < -0.39 is 6.09 Å². The number of carbonyl (C=O) groups is 1. The predicted molar refractivity (Wildman–Crippen MR) is 98.0 cm³/mol. The van der Waals surface area contributed by atoms with E-state index in [-0.39, 0.29) is 6.61 Å². The third-order valence-electron chi connectivity index (χ3n) is 4.06. The van der Waals surface area contributed by atoms with Crippen LogP contribution in [0.15, 0.2) is 48.5 Å². The minimum atomic E-state index is -0.410. The maximum absolute atomic E-state index is 11.6. The molecule has 1 aliphatic rings. The van der Waals surface area contributed by atoms with Gasteiger partial charge in [-0.2, -0.15) is 0 Å². The summed E-state index contributed by atoms with van der Waals surface area (Å²) in [6.07, 6.45) is 1.24. The summed E-state index contributed by atoms with van der Waals surface area (Å²) < 4.78 is 5.15. The van der Waals surface area contributed by atoms with Crippen molar-refractivity contribution in [2.45, 2.75) is 26.0 Å². The van der Waals surface area contributed by atoms with Gasteiger partial charge < -0.3 is 15.4 Å². The number of hydrogen-bond acceptors (Lipinski definition) is 3. The highest BCUT2D eigenvalue weighted by Crippen LogP contribution is 2.15. The van der Waals surface area contributed by atoms with Gasteiger partial charge in [0.1, 0.15) is 6.61 Å². The van der Waals surface area contributed by atoms with E-state index in [1.807, 2.05) is 30.3 Å². The Labute approximate surface area is 148 Å². The molecular weight excluding hydrogens is 312 g/mol. The first-order valence-corrected chi connectivity index (χ1v) is 8.57. The van der Waals surface area contributed by atoms with Gasteiger partial charge in [0.25, 0.3) is 0 Å². The predicted octanol–water partition coefficient (Wildman–Crippen LogP) is 3.00. The van der Waals surface area contributed by atoms with E-state index in [1.54, 1.807) is 0 Å². The molecule has 0 aliphatic carbocycles. The molecular formula is C21H22N2O2. The van der Waals surface area contributed by atoms with E-state index in [2.05, 4.69) is 40.7 Å². The molecule has 0 saturated heterocycles. The molecule has 2 aromatic rings. The molecule has 1 amide bonds. The number of ether oxygens (including phenoxy) is 1. The van der Waals surface area contributed by atoms with Gasteiger partial charge in [-0.15, -0.1) is 0 Å². The number of amides is 1. The number of fused-ring (bicyclic) bond motifs is 1. The van der Waals surface area contributed by atoms with Crippen LogP contribution in [0.1, 0.15) is 28.7 Å². The fraction of sp³-hybridized carbons (Fsp3) is 0.286. The lowest BCUT2D eigenvalue weighted by Gasteiger charge is -2.16. The Balaban J connectivity index is 1.38. The van der Waals surface area contributed by atoms with Gasteiger partial charge in [-0.05, 0) is 41.8 Å². The molecule has 25 heavy (non-hydrogen) atoms. The van der Waals surface area contributed by atoms with E-state index in [0.717, 1.165) is 30.6 Å². The molecule has 0 fully saturated rings. The molecule has 0 unspecified atom stereocenters. The number of hydrogen-bond donors (Lipinski definition) is 2. The van der Waals surface area contributed by atoms with Crippen LogP contribution in [-0.2, 0) is 24.3 Å². The summed E-state index contributed by atoms with van der Waals surface area (Å²) in [5.41, 5.74) is 4.75. The van der Waals surface area contributed by atoms with Gasteiger partial charge in [-0.3, -0.25) is 0 Å². The lowest BCUT2D eigenvalue weighted by Crippen LogP contribution is -2.24. The number of carbonyl (C=O) groups excluding carboxylic acids is 1. The number of benzene rings is 2. The van der Waals surface area contributed by atoms with E-state index >= 15 is 0 Å². The number of rotatable bonds is 4. The quantitative estimate of drug-likeness (QED) is 0.667. The fourth-order valence-electron chi connectivity index (χ4n) is 2.72. The van der Waals surface area contributed by atoms with Crippen molar-refractivity contribution in [2.75, 3.05) is 13.1 Å². The van der Waals surface area contributed by atoms with Crippen LogP contribution in [-0.4, -0.2) is 19.2 Å². The van der Waals surface area contributed by atoms with Gasteiger partial charge in [-0.25, -0.2) is 4.79 Å². The van der Waals surface area contributed by atoms with Crippen molar-refractivity contribution >= 4 is 6.09 Å². The maximum Gasteiger partial charge on any atom is 0.407 e. The van der Waals surface area contributed by atoms with Crippen LogP contribution < -0.4 is 10.6 Å². The van der Waals surface area contributed by atoms with Crippen molar-refractivity contribution in [2.24, 2.45) is 0 Å². The lowest BCUT2D eigenvalue weighted by atomic mass is 9.98. The zero-order valence-corrected chi connectivity index (χ0v) is 14.2. The maximum atomic E-state index is 11.6. The molecule has 128 valence electrons. The molecule has 0 bridgehead atoms. The van der Waals surface area contributed by atoms with Crippen LogP contribution >= 0.6 is 0 Å². The molecule has 1 heterocycles. The molecule has 0 aromatic heterocycles. The second kappa shape index (κ2) is 8.91. The minimum absolute atomic E-state index is 0.280. The molecule has 2 N–H and O–H groups in total. The third-order valence-corrected chi connectivity index (χ3v) is 4.06. The van der Waals surface area contributed by atoms with Crippen LogP contribution in [0.25, 0.3) is 0 Å². The highest BCUT2D eigenvalue weighted by Gasteiger charge is 2.07. The smallest absolute Gasteiger partial charge is 0.407 e. The Bertz CT molecular complexity index is 775. The molecule has 0 spiro atoms. The summed E-state index contributed by atoms with van der Waals surface area (Å²) in [5, 5.41) is 6.08. The second-order valence-electron chi connectivity index (χ2n) is 5.95.